The van der Waals surface area contributed by atoms with Gasteiger partial charge in [-0.3, -0.25) is 14.2 Å². The summed E-state index contributed by atoms with van der Waals surface area (Å²) in [6.07, 6.45) is 1.52. The summed E-state index contributed by atoms with van der Waals surface area (Å²) < 4.78 is 11.6. The molecule has 0 spiro atoms. The Labute approximate surface area is 210 Å². The van der Waals surface area contributed by atoms with E-state index in [0.717, 1.165) is 17.3 Å². The van der Waals surface area contributed by atoms with E-state index in [1.807, 2.05) is 25.1 Å². The van der Waals surface area contributed by atoms with Crippen LogP contribution in [0.25, 0.3) is 10.9 Å². The van der Waals surface area contributed by atoms with Crippen molar-refractivity contribution >= 4 is 46.1 Å². The summed E-state index contributed by atoms with van der Waals surface area (Å²) in [5, 5.41) is 4.14. The number of nitrogens with zero attached hydrogens (tertiary/aromatic N) is 2. The summed E-state index contributed by atoms with van der Waals surface area (Å²) in [5.41, 5.74) is 1.11. The van der Waals surface area contributed by atoms with Gasteiger partial charge in [0, 0.05) is 5.02 Å². The molecule has 0 aliphatic carbocycles. The molecule has 1 N–H and O–H groups in total. The number of carbonyl (C=O) groups excluding carboxylic acids is 2. The first-order chi connectivity index (χ1) is 16.9. The Kier molecular flexibility index (Phi) is 7.57. The first kappa shape index (κ1) is 24.6. The lowest BCUT2D eigenvalue weighted by molar-refractivity contribution is -0.119. The van der Waals surface area contributed by atoms with Crippen molar-refractivity contribution in [1.82, 2.24) is 14.9 Å². The van der Waals surface area contributed by atoms with E-state index >= 15 is 0 Å². The van der Waals surface area contributed by atoms with Crippen LogP contribution < -0.4 is 10.9 Å². The summed E-state index contributed by atoms with van der Waals surface area (Å²) in [6, 6.07) is 15.1. The van der Waals surface area contributed by atoms with Crippen molar-refractivity contribution in [2.75, 3.05) is 12.9 Å². The Morgan fingerprint density at radius 3 is 2.71 bits per heavy atom. The van der Waals surface area contributed by atoms with E-state index in [-0.39, 0.29) is 35.4 Å². The summed E-state index contributed by atoms with van der Waals surface area (Å²) in [4.78, 5) is 42.6. The zero-order chi connectivity index (χ0) is 24.9. The summed E-state index contributed by atoms with van der Waals surface area (Å²) >= 11 is 7.35. The lowest BCUT2D eigenvalue weighted by Crippen LogP contribution is -2.29. The van der Waals surface area contributed by atoms with Gasteiger partial charge in [-0.1, -0.05) is 41.6 Å². The van der Waals surface area contributed by atoms with Crippen LogP contribution in [0.15, 0.2) is 75.2 Å². The van der Waals surface area contributed by atoms with Gasteiger partial charge in [-0.15, -0.1) is 0 Å². The van der Waals surface area contributed by atoms with Gasteiger partial charge < -0.3 is 14.5 Å². The number of halogens is 1. The molecule has 0 fully saturated rings. The number of fused-ring (bicyclic) bond motifs is 1. The molecular formula is C25H22ClN3O5S. The summed E-state index contributed by atoms with van der Waals surface area (Å²) in [5.74, 6) is -0.194. The fourth-order valence-electron chi connectivity index (χ4n) is 3.57. The van der Waals surface area contributed by atoms with Crippen molar-refractivity contribution in [3.8, 4) is 0 Å². The highest BCUT2D eigenvalue weighted by atomic mass is 35.5. The second kappa shape index (κ2) is 10.8. The van der Waals surface area contributed by atoms with Gasteiger partial charge in [-0.05, 0) is 48.9 Å². The predicted molar refractivity (Wildman–Crippen MR) is 134 cm³/mol. The lowest BCUT2D eigenvalue weighted by atomic mass is 10.1. The number of aromatic nitrogens is 2. The number of rotatable bonds is 8. The number of thioether (sulfide) groups is 1. The number of amides is 1. The highest BCUT2D eigenvalue weighted by molar-refractivity contribution is 7.99. The molecule has 0 radical (unpaired) electrons. The molecule has 0 aliphatic rings. The van der Waals surface area contributed by atoms with Gasteiger partial charge in [0.15, 0.2) is 5.16 Å². The summed E-state index contributed by atoms with van der Waals surface area (Å²) in [6.45, 7) is 1.99. The maximum absolute atomic E-state index is 13.3. The Morgan fingerprint density at radius 2 is 2.00 bits per heavy atom. The van der Waals surface area contributed by atoms with Crippen molar-refractivity contribution in [2.24, 2.45) is 0 Å². The third-order valence-corrected chi connectivity index (χ3v) is 6.64. The standard InChI is InChI=1S/C25H22ClN3O5S/c1-15(18-7-3-4-8-20(18)26)27-22(30)14-35-25-28-21-12-16(24(32)33-2)9-10-19(21)23(31)29(25)13-17-6-5-11-34-17/h3-12,15H,13-14H2,1-2H3,(H,27,30)/t15-/m1/s1. The molecule has 180 valence electrons. The fourth-order valence-corrected chi connectivity index (χ4v) is 4.68. The van der Waals surface area contributed by atoms with Gasteiger partial charge >= 0.3 is 5.97 Å². The molecule has 0 unspecified atom stereocenters. The van der Waals surface area contributed by atoms with Crippen LogP contribution in [-0.2, 0) is 16.1 Å². The number of benzene rings is 2. The highest BCUT2D eigenvalue weighted by Gasteiger charge is 2.18. The molecule has 4 aromatic rings. The monoisotopic (exact) mass is 511 g/mol. The zero-order valence-corrected chi connectivity index (χ0v) is 20.6. The number of furan rings is 1. The smallest absolute Gasteiger partial charge is 0.337 e. The number of hydrogen-bond donors (Lipinski definition) is 1. The highest BCUT2D eigenvalue weighted by Crippen LogP contribution is 2.23. The van der Waals surface area contributed by atoms with Crippen LogP contribution in [0.2, 0.25) is 5.02 Å². The molecule has 0 aliphatic heterocycles. The van der Waals surface area contributed by atoms with E-state index in [1.54, 1.807) is 24.3 Å². The van der Waals surface area contributed by atoms with Gasteiger partial charge in [0.25, 0.3) is 5.56 Å². The van der Waals surface area contributed by atoms with E-state index in [0.29, 0.717) is 26.8 Å². The molecule has 4 rings (SSSR count). The number of nitrogens with one attached hydrogen (secondary N) is 1. The third kappa shape index (κ3) is 5.58. The first-order valence-electron chi connectivity index (χ1n) is 10.7. The molecule has 0 saturated carbocycles. The lowest BCUT2D eigenvalue weighted by Gasteiger charge is -2.16. The van der Waals surface area contributed by atoms with Crippen molar-refractivity contribution in [3.05, 3.63) is 93.1 Å². The SMILES string of the molecule is COC(=O)c1ccc2c(=O)n(Cc3ccco3)c(SCC(=O)N[C@H](C)c3ccccc3Cl)nc2c1. The van der Waals surface area contributed by atoms with Crippen LogP contribution in [0.1, 0.15) is 34.6 Å². The Bertz CT molecular complexity index is 1440. The molecule has 0 saturated heterocycles. The average molecular weight is 512 g/mol. The largest absolute Gasteiger partial charge is 0.467 e. The van der Waals surface area contributed by atoms with E-state index in [9.17, 15) is 14.4 Å². The Hall–Kier alpha value is -3.56. The molecule has 0 bridgehead atoms. The molecule has 10 heteroatoms. The average Bonchev–Trinajstić information content (AvgIpc) is 3.37. The molecular weight excluding hydrogens is 490 g/mol. The van der Waals surface area contributed by atoms with Crippen LogP contribution in [0.5, 0.6) is 0 Å². The van der Waals surface area contributed by atoms with Crippen LogP contribution in [0.3, 0.4) is 0 Å². The molecule has 35 heavy (non-hydrogen) atoms. The van der Waals surface area contributed by atoms with Gasteiger partial charge in [0.05, 0.1) is 48.2 Å². The van der Waals surface area contributed by atoms with Crippen molar-refractivity contribution < 1.29 is 18.7 Å². The first-order valence-corrected chi connectivity index (χ1v) is 12.1. The van der Waals surface area contributed by atoms with Crippen LogP contribution in [0.4, 0.5) is 0 Å². The number of methoxy groups -OCH3 is 1. The molecule has 2 aromatic heterocycles. The molecule has 1 amide bonds. The van der Waals surface area contributed by atoms with Crippen molar-refractivity contribution in [3.63, 3.8) is 0 Å². The van der Waals surface area contributed by atoms with Gasteiger partial charge in [-0.2, -0.15) is 0 Å². The van der Waals surface area contributed by atoms with Crippen LogP contribution in [0, 0.1) is 0 Å². The minimum absolute atomic E-state index is 0.0155. The molecule has 8 nitrogen and oxygen atoms in total. The van der Waals surface area contributed by atoms with E-state index in [2.05, 4.69) is 10.3 Å². The number of hydrogen-bond acceptors (Lipinski definition) is 7. The van der Waals surface area contributed by atoms with E-state index in [1.165, 1.54) is 30.1 Å². The Morgan fingerprint density at radius 1 is 1.20 bits per heavy atom. The molecule has 2 aromatic carbocycles. The molecule has 2 heterocycles. The quantitative estimate of drug-likeness (QED) is 0.212. The normalized spacial score (nSPS) is 11.9. The molecule has 1 atom stereocenters. The topological polar surface area (TPSA) is 103 Å². The maximum Gasteiger partial charge on any atom is 0.337 e. The van der Waals surface area contributed by atoms with Gasteiger partial charge in [0.2, 0.25) is 5.91 Å². The minimum Gasteiger partial charge on any atom is -0.467 e. The minimum atomic E-state index is -0.532. The predicted octanol–water partition coefficient (Wildman–Crippen LogP) is 4.45. The van der Waals surface area contributed by atoms with Gasteiger partial charge in [-0.25, -0.2) is 9.78 Å². The third-order valence-electron chi connectivity index (χ3n) is 5.32. The Balaban J connectivity index is 1.62. The van der Waals surface area contributed by atoms with E-state index < -0.39 is 5.97 Å². The van der Waals surface area contributed by atoms with Crippen molar-refractivity contribution in [1.29, 1.82) is 0 Å². The number of esters is 1. The van der Waals surface area contributed by atoms with E-state index in [4.69, 9.17) is 20.8 Å². The van der Waals surface area contributed by atoms with Crippen LogP contribution >= 0.6 is 23.4 Å². The maximum atomic E-state index is 13.3. The number of carbonyl (C=O) groups is 2. The second-order valence-corrected chi connectivity index (χ2v) is 9.04. The van der Waals surface area contributed by atoms with Crippen molar-refractivity contribution in [2.45, 2.75) is 24.7 Å². The second-order valence-electron chi connectivity index (χ2n) is 7.69. The van der Waals surface area contributed by atoms with Crippen LogP contribution in [-0.4, -0.2) is 34.3 Å². The zero-order valence-electron chi connectivity index (χ0n) is 19.0. The number of ether oxygens (including phenoxy) is 1. The fraction of sp³-hybridized carbons (Fsp3) is 0.200. The van der Waals surface area contributed by atoms with Gasteiger partial charge in [0.1, 0.15) is 5.76 Å². The summed E-state index contributed by atoms with van der Waals surface area (Å²) in [7, 11) is 1.28.